The standard InChI is InChI=1S/C36H38N4O3/c1-38-20-19-30-32(16-10-17-33(30)38)37-36(42)31-15-8-9-18-34(31)43-26-29(41)25-39-21-23-40(24-22-39)35(27-11-4-2-5-12-27)28-13-6-3-7-14-28/h2-20,29,35,41H,21-26H2,1H3,(H,37,42). The van der Waals surface area contributed by atoms with Gasteiger partial charge < -0.3 is 19.7 Å². The van der Waals surface area contributed by atoms with Crippen LogP contribution in [-0.2, 0) is 7.05 Å². The summed E-state index contributed by atoms with van der Waals surface area (Å²) in [5.41, 5.74) is 4.81. The third-order valence-electron chi connectivity index (χ3n) is 8.21. The Balaban J connectivity index is 1.04. The summed E-state index contributed by atoms with van der Waals surface area (Å²) < 4.78 is 8.04. The quantitative estimate of drug-likeness (QED) is 0.228. The van der Waals surface area contributed by atoms with Crippen LogP contribution >= 0.6 is 0 Å². The maximum absolute atomic E-state index is 13.3. The third-order valence-corrected chi connectivity index (χ3v) is 8.21. The first-order valence-corrected chi connectivity index (χ1v) is 14.9. The molecule has 220 valence electrons. The number of carbonyl (C=O) groups excluding carboxylic acids is 1. The fraction of sp³-hybridized carbons (Fsp3) is 0.250. The number of amides is 1. The van der Waals surface area contributed by atoms with Crippen molar-refractivity contribution in [2.75, 3.05) is 44.6 Å². The minimum absolute atomic E-state index is 0.107. The third kappa shape index (κ3) is 6.65. The lowest BCUT2D eigenvalue weighted by atomic mass is 9.96. The molecule has 0 aliphatic carbocycles. The predicted molar refractivity (Wildman–Crippen MR) is 172 cm³/mol. The van der Waals surface area contributed by atoms with E-state index in [0.29, 0.717) is 17.9 Å². The largest absolute Gasteiger partial charge is 0.490 e. The number of β-amino-alcohol motifs (C(OH)–C–C–N with tert-alkyl or cyclic N) is 1. The number of aryl methyl sites for hydroxylation is 1. The van der Waals surface area contributed by atoms with Gasteiger partial charge in [-0.2, -0.15) is 0 Å². The van der Waals surface area contributed by atoms with Crippen LogP contribution in [0.5, 0.6) is 5.75 Å². The van der Waals surface area contributed by atoms with E-state index < -0.39 is 6.10 Å². The van der Waals surface area contributed by atoms with Crippen LogP contribution in [-0.4, -0.2) is 70.8 Å². The molecule has 7 heteroatoms. The normalized spacial score (nSPS) is 15.0. The number of rotatable bonds is 10. The molecule has 1 aromatic heterocycles. The number of fused-ring (bicyclic) bond motifs is 1. The number of aliphatic hydroxyl groups is 1. The molecule has 2 heterocycles. The number of piperazine rings is 1. The fourth-order valence-electron chi connectivity index (χ4n) is 6.01. The van der Waals surface area contributed by atoms with Crippen molar-refractivity contribution in [3.63, 3.8) is 0 Å². The number of ether oxygens (including phenoxy) is 1. The van der Waals surface area contributed by atoms with E-state index in [1.54, 1.807) is 12.1 Å². The summed E-state index contributed by atoms with van der Waals surface area (Å²) in [4.78, 5) is 18.1. The van der Waals surface area contributed by atoms with Crippen LogP contribution in [0.2, 0.25) is 0 Å². The lowest BCUT2D eigenvalue weighted by Crippen LogP contribution is -2.50. The first kappa shape index (κ1) is 28.7. The van der Waals surface area contributed by atoms with Gasteiger partial charge in [-0.1, -0.05) is 78.9 Å². The Hall–Kier alpha value is -4.43. The lowest BCUT2D eigenvalue weighted by molar-refractivity contribution is 0.0398. The topological polar surface area (TPSA) is 70.0 Å². The van der Waals surface area contributed by atoms with Gasteiger partial charge in [-0.25, -0.2) is 0 Å². The van der Waals surface area contributed by atoms with Crippen LogP contribution in [0.3, 0.4) is 0 Å². The van der Waals surface area contributed by atoms with E-state index in [0.717, 1.165) is 42.8 Å². The number of carbonyl (C=O) groups is 1. The molecule has 4 aromatic carbocycles. The van der Waals surface area contributed by atoms with Crippen LogP contribution in [0.25, 0.3) is 10.9 Å². The summed E-state index contributed by atoms with van der Waals surface area (Å²) in [6.45, 7) is 4.14. The summed E-state index contributed by atoms with van der Waals surface area (Å²) in [6, 6.07) is 36.5. The molecule has 1 saturated heterocycles. The summed E-state index contributed by atoms with van der Waals surface area (Å²) >= 11 is 0. The van der Waals surface area contributed by atoms with Crippen molar-refractivity contribution in [3.05, 3.63) is 132 Å². The van der Waals surface area contributed by atoms with Gasteiger partial charge in [0.2, 0.25) is 0 Å². The zero-order valence-electron chi connectivity index (χ0n) is 24.5. The Morgan fingerprint density at radius 2 is 1.47 bits per heavy atom. The highest BCUT2D eigenvalue weighted by atomic mass is 16.5. The summed E-state index contributed by atoms with van der Waals surface area (Å²) in [5.74, 6) is 0.210. The molecule has 0 saturated carbocycles. The van der Waals surface area contributed by atoms with E-state index in [4.69, 9.17) is 4.74 Å². The van der Waals surface area contributed by atoms with Crippen LogP contribution < -0.4 is 10.1 Å². The van der Waals surface area contributed by atoms with Gasteiger partial charge in [0, 0.05) is 56.9 Å². The van der Waals surface area contributed by atoms with Gasteiger partial charge in [-0.3, -0.25) is 14.6 Å². The molecular weight excluding hydrogens is 536 g/mol. The maximum Gasteiger partial charge on any atom is 0.259 e. The number of aromatic nitrogens is 1. The van der Waals surface area contributed by atoms with Gasteiger partial charge >= 0.3 is 0 Å². The van der Waals surface area contributed by atoms with Gasteiger partial charge in [0.05, 0.1) is 17.3 Å². The van der Waals surface area contributed by atoms with Crippen molar-refractivity contribution < 1.29 is 14.6 Å². The second kappa shape index (κ2) is 13.3. The number of benzene rings is 4. The van der Waals surface area contributed by atoms with Crippen molar-refractivity contribution in [1.82, 2.24) is 14.4 Å². The average molecular weight is 575 g/mol. The first-order chi connectivity index (χ1) is 21.1. The zero-order valence-corrected chi connectivity index (χ0v) is 24.5. The summed E-state index contributed by atoms with van der Waals surface area (Å²) in [5, 5.41) is 14.9. The van der Waals surface area contributed by atoms with Crippen LogP contribution in [0.4, 0.5) is 5.69 Å². The van der Waals surface area contributed by atoms with Crippen LogP contribution in [0.1, 0.15) is 27.5 Å². The molecule has 0 radical (unpaired) electrons. The Labute approximate surface area is 252 Å². The van der Waals surface area contributed by atoms with Crippen molar-refractivity contribution in [3.8, 4) is 5.75 Å². The molecule has 43 heavy (non-hydrogen) atoms. The summed E-state index contributed by atoms with van der Waals surface area (Å²) in [6.07, 6.45) is 1.29. The second-order valence-corrected chi connectivity index (χ2v) is 11.1. The van der Waals surface area contributed by atoms with E-state index in [-0.39, 0.29) is 18.6 Å². The molecule has 6 rings (SSSR count). The number of nitrogens with zero attached hydrogens (tertiary/aromatic N) is 3. The van der Waals surface area contributed by atoms with Crippen LogP contribution in [0.15, 0.2) is 115 Å². The number of hydrogen-bond donors (Lipinski definition) is 2. The van der Waals surface area contributed by atoms with Gasteiger partial charge in [-0.05, 0) is 41.5 Å². The fourth-order valence-corrected chi connectivity index (χ4v) is 6.01. The molecule has 0 spiro atoms. The molecule has 1 atom stereocenters. The maximum atomic E-state index is 13.3. The van der Waals surface area contributed by atoms with Crippen molar-refractivity contribution >= 4 is 22.5 Å². The number of anilines is 1. The van der Waals surface area contributed by atoms with Gasteiger partial charge in [0.1, 0.15) is 18.5 Å². The Bertz CT molecular complexity index is 1610. The molecule has 1 aliphatic rings. The molecule has 7 nitrogen and oxygen atoms in total. The van der Waals surface area contributed by atoms with Gasteiger partial charge in [0.15, 0.2) is 0 Å². The molecule has 1 unspecified atom stereocenters. The van der Waals surface area contributed by atoms with Crippen molar-refractivity contribution in [2.45, 2.75) is 12.1 Å². The highest BCUT2D eigenvalue weighted by Gasteiger charge is 2.27. The summed E-state index contributed by atoms with van der Waals surface area (Å²) in [7, 11) is 1.98. The van der Waals surface area contributed by atoms with E-state index in [1.165, 1.54) is 11.1 Å². The SMILES string of the molecule is Cn1ccc2c(NC(=O)c3ccccc3OCC(O)CN3CCN(C(c4ccccc4)c4ccccc4)CC3)cccc21. The minimum Gasteiger partial charge on any atom is -0.490 e. The highest BCUT2D eigenvalue weighted by Crippen LogP contribution is 2.30. The lowest BCUT2D eigenvalue weighted by Gasteiger charge is -2.40. The van der Waals surface area contributed by atoms with E-state index in [1.807, 2.05) is 54.2 Å². The van der Waals surface area contributed by atoms with E-state index >= 15 is 0 Å². The number of para-hydroxylation sites is 1. The Morgan fingerprint density at radius 3 is 2.16 bits per heavy atom. The smallest absolute Gasteiger partial charge is 0.259 e. The number of nitrogens with one attached hydrogen (secondary N) is 1. The monoisotopic (exact) mass is 574 g/mol. The number of aliphatic hydroxyl groups excluding tert-OH is 1. The first-order valence-electron chi connectivity index (χ1n) is 14.9. The number of hydrogen-bond acceptors (Lipinski definition) is 5. The molecular formula is C36H38N4O3. The minimum atomic E-state index is -0.681. The molecule has 5 aromatic rings. The molecule has 1 amide bonds. The second-order valence-electron chi connectivity index (χ2n) is 11.1. The van der Waals surface area contributed by atoms with E-state index in [2.05, 4.69) is 75.8 Å². The Kier molecular flexibility index (Phi) is 8.84. The van der Waals surface area contributed by atoms with E-state index in [9.17, 15) is 9.90 Å². The van der Waals surface area contributed by atoms with Crippen LogP contribution in [0, 0.1) is 0 Å². The molecule has 1 fully saturated rings. The zero-order chi connectivity index (χ0) is 29.6. The highest BCUT2D eigenvalue weighted by molar-refractivity contribution is 6.10. The van der Waals surface area contributed by atoms with Gasteiger partial charge in [-0.15, -0.1) is 0 Å². The van der Waals surface area contributed by atoms with Crippen molar-refractivity contribution in [1.29, 1.82) is 0 Å². The predicted octanol–water partition coefficient (Wildman–Crippen LogP) is 5.58. The van der Waals surface area contributed by atoms with Crippen molar-refractivity contribution in [2.24, 2.45) is 7.05 Å². The molecule has 2 N–H and O–H groups in total. The van der Waals surface area contributed by atoms with Gasteiger partial charge in [0.25, 0.3) is 5.91 Å². The Morgan fingerprint density at radius 1 is 0.814 bits per heavy atom. The molecule has 0 bridgehead atoms. The molecule has 1 aliphatic heterocycles. The average Bonchev–Trinajstić information content (AvgIpc) is 3.43.